The van der Waals surface area contributed by atoms with E-state index in [1.54, 1.807) is 0 Å². The van der Waals surface area contributed by atoms with Gasteiger partial charge in [0.1, 0.15) is 5.75 Å². The van der Waals surface area contributed by atoms with Crippen molar-refractivity contribution in [2.75, 3.05) is 13.2 Å². The van der Waals surface area contributed by atoms with Crippen LogP contribution in [0.25, 0.3) is 0 Å². The Kier molecular flexibility index (Phi) is 38.6. The van der Waals surface area contributed by atoms with Gasteiger partial charge in [-0.3, -0.25) is 4.57 Å². The zero-order valence-electron chi connectivity index (χ0n) is 43.1. The van der Waals surface area contributed by atoms with Gasteiger partial charge in [0.25, 0.3) is 0 Å². The van der Waals surface area contributed by atoms with E-state index < -0.39 is 7.60 Å². The number of phenolic OH excluding ortho intramolecular Hbond substituents is 1. The van der Waals surface area contributed by atoms with Gasteiger partial charge in [-0.15, -0.1) is 0 Å². The summed E-state index contributed by atoms with van der Waals surface area (Å²) in [5, 5.41) is 11.2. The van der Waals surface area contributed by atoms with E-state index in [1.165, 1.54) is 231 Å². The van der Waals surface area contributed by atoms with Crippen molar-refractivity contribution in [1.29, 1.82) is 0 Å². The smallest absolute Gasteiger partial charge is 0.335 e. The van der Waals surface area contributed by atoms with Crippen molar-refractivity contribution in [3.63, 3.8) is 0 Å². The maximum Gasteiger partial charge on any atom is 0.335 e. The van der Waals surface area contributed by atoms with Gasteiger partial charge in [-0.25, -0.2) is 0 Å². The molecule has 0 aliphatic carbocycles. The Bertz CT molecular complexity index is 1140. The second-order valence-electron chi connectivity index (χ2n) is 20.8. The van der Waals surface area contributed by atoms with E-state index in [1.807, 2.05) is 6.92 Å². The van der Waals surface area contributed by atoms with Gasteiger partial charge in [0.2, 0.25) is 0 Å². The third-order valence-corrected chi connectivity index (χ3v) is 15.5. The fourth-order valence-corrected chi connectivity index (χ4v) is 11.2. The summed E-state index contributed by atoms with van der Waals surface area (Å²) < 4.78 is 26.8. The number of aromatic hydroxyl groups is 1. The molecule has 0 aliphatic rings. The molecule has 0 heterocycles. The first-order valence-electron chi connectivity index (χ1n) is 27.8. The first-order valence-corrected chi connectivity index (χ1v) is 29.5. The van der Waals surface area contributed by atoms with Crippen molar-refractivity contribution >= 4 is 7.60 Å². The fourth-order valence-electron chi connectivity index (χ4n) is 9.27. The normalized spacial score (nSPS) is 12.2. The van der Waals surface area contributed by atoms with E-state index in [9.17, 15) is 9.67 Å². The molecule has 0 bridgehead atoms. The van der Waals surface area contributed by atoms with E-state index >= 15 is 0 Å². The van der Waals surface area contributed by atoms with Gasteiger partial charge in [-0.1, -0.05) is 285 Å². The predicted octanol–water partition coefficient (Wildman–Crippen LogP) is 20.7. The lowest BCUT2D eigenvalue weighted by Crippen LogP contribution is -2.14. The maximum absolute atomic E-state index is 14.4. The molecule has 0 saturated carbocycles. The van der Waals surface area contributed by atoms with Crippen molar-refractivity contribution in [2.24, 2.45) is 0 Å². The predicted molar refractivity (Wildman–Crippen MR) is 276 cm³/mol. The third kappa shape index (κ3) is 32.8. The summed E-state index contributed by atoms with van der Waals surface area (Å²) in [6.07, 6.45) is 54.5. The van der Waals surface area contributed by atoms with Crippen LogP contribution in [0.2, 0.25) is 0 Å². The van der Waals surface area contributed by atoms with Gasteiger partial charge >= 0.3 is 7.60 Å². The lowest BCUT2D eigenvalue weighted by molar-refractivity contribution is 0.196. The number of hydrogen-bond acceptors (Lipinski definition) is 4. The van der Waals surface area contributed by atoms with Crippen molar-refractivity contribution in [3.8, 4) is 5.75 Å². The second kappa shape index (κ2) is 40.4. The van der Waals surface area contributed by atoms with E-state index in [-0.39, 0.29) is 11.6 Å². The lowest BCUT2D eigenvalue weighted by Gasteiger charge is -2.26. The molecule has 0 spiro atoms. The third-order valence-electron chi connectivity index (χ3n) is 13.6. The molecule has 1 rings (SSSR count). The summed E-state index contributed by atoms with van der Waals surface area (Å²) in [5.41, 5.74) is 3.52. The highest BCUT2D eigenvalue weighted by atomic mass is 31.2. The highest BCUT2D eigenvalue weighted by Crippen LogP contribution is 2.53. The van der Waals surface area contributed by atoms with Crippen molar-refractivity contribution in [3.05, 3.63) is 28.3 Å². The Morgan fingerprint density at radius 3 is 0.919 bits per heavy atom. The molecular formula is C57H109O4P. The Hall–Kier alpha value is -0.830. The average molecular weight is 889 g/mol. The van der Waals surface area contributed by atoms with Gasteiger partial charge in [-0.05, 0) is 54.4 Å². The number of benzene rings is 1. The van der Waals surface area contributed by atoms with Crippen LogP contribution in [-0.2, 0) is 25.2 Å². The molecule has 1 aromatic carbocycles. The summed E-state index contributed by atoms with van der Waals surface area (Å²) >= 11 is 0. The van der Waals surface area contributed by atoms with Gasteiger partial charge in [0.05, 0.1) is 19.4 Å². The van der Waals surface area contributed by atoms with E-state index in [0.717, 1.165) is 47.9 Å². The van der Waals surface area contributed by atoms with E-state index in [2.05, 4.69) is 47.6 Å². The fraction of sp³-hybridized carbons (Fsp3) is 0.895. The summed E-state index contributed by atoms with van der Waals surface area (Å²) in [6.45, 7) is 15.9. The number of unbranched alkanes of at least 4 members (excludes halogenated alkanes) is 38. The lowest BCUT2D eigenvalue weighted by atomic mass is 9.83. The van der Waals surface area contributed by atoms with Crippen LogP contribution in [0.1, 0.15) is 314 Å². The molecule has 0 aromatic heterocycles. The first kappa shape index (κ1) is 59.2. The summed E-state index contributed by atoms with van der Waals surface area (Å²) in [5.74, 6) is 0.313. The van der Waals surface area contributed by atoms with Crippen LogP contribution < -0.4 is 0 Å². The van der Waals surface area contributed by atoms with Crippen LogP contribution in [0.3, 0.4) is 0 Å². The number of aryl methyl sites for hydroxylation is 1. The minimum Gasteiger partial charge on any atom is -0.507 e. The molecule has 4 nitrogen and oxygen atoms in total. The molecule has 0 saturated heterocycles. The highest BCUT2D eigenvalue weighted by Gasteiger charge is 2.30. The molecule has 0 aliphatic heterocycles. The standard InChI is InChI=1S/C57H109O4P/c1-8-10-12-14-16-18-20-22-24-26-28-30-32-34-36-38-40-42-44-46-48-60-62(59,51-54-52(3)50-55(57(5,6)7)56(58)53(54)4)61-49-47-45-43-41-39-37-35-33-31-29-27-25-23-21-19-17-15-13-11-9-2/h50,58H,8-49,51H2,1-7H3. The zero-order chi connectivity index (χ0) is 45.4. The number of rotatable bonds is 46. The first-order chi connectivity index (χ1) is 30.1. The van der Waals surface area contributed by atoms with Crippen LogP contribution in [0.5, 0.6) is 5.75 Å². The van der Waals surface area contributed by atoms with Gasteiger partial charge in [0, 0.05) is 0 Å². The maximum atomic E-state index is 14.4. The van der Waals surface area contributed by atoms with Crippen LogP contribution in [0.4, 0.5) is 0 Å². The molecule has 1 aromatic rings. The topological polar surface area (TPSA) is 55.8 Å². The summed E-state index contributed by atoms with van der Waals surface area (Å²) in [4.78, 5) is 0. The van der Waals surface area contributed by atoms with Crippen LogP contribution in [0, 0.1) is 13.8 Å². The monoisotopic (exact) mass is 889 g/mol. The molecule has 0 radical (unpaired) electrons. The SMILES string of the molecule is CCCCCCCCCCCCCCCCCCCCCCOP(=O)(Cc1c(C)cc(C(C)(C)C)c(O)c1C)OCCCCCCCCCCCCCCCCCCCCCC. The van der Waals surface area contributed by atoms with Crippen molar-refractivity contribution in [1.82, 2.24) is 0 Å². The van der Waals surface area contributed by atoms with Crippen LogP contribution >= 0.6 is 7.60 Å². The highest BCUT2D eigenvalue weighted by molar-refractivity contribution is 7.53. The van der Waals surface area contributed by atoms with Crippen LogP contribution in [0.15, 0.2) is 6.07 Å². The van der Waals surface area contributed by atoms with Crippen LogP contribution in [-0.4, -0.2) is 18.3 Å². The Morgan fingerprint density at radius 2 is 0.677 bits per heavy atom. The molecular weight excluding hydrogens is 780 g/mol. The molecule has 0 atom stereocenters. The quantitative estimate of drug-likeness (QED) is 0.0523. The summed E-state index contributed by atoms with van der Waals surface area (Å²) in [7, 11) is -3.37. The van der Waals surface area contributed by atoms with Gasteiger partial charge in [0.15, 0.2) is 0 Å². The molecule has 1 N–H and O–H groups in total. The second-order valence-corrected chi connectivity index (χ2v) is 22.9. The zero-order valence-corrected chi connectivity index (χ0v) is 44.0. The molecule has 366 valence electrons. The Balaban J connectivity index is 2.28. The molecule has 5 heteroatoms. The average Bonchev–Trinajstić information content (AvgIpc) is 3.24. The summed E-state index contributed by atoms with van der Waals surface area (Å²) in [6, 6.07) is 2.07. The van der Waals surface area contributed by atoms with E-state index in [0.29, 0.717) is 19.0 Å². The number of phenols is 1. The number of hydrogen-bond donors (Lipinski definition) is 1. The largest absolute Gasteiger partial charge is 0.507 e. The molecule has 0 unspecified atom stereocenters. The molecule has 0 fully saturated rings. The minimum atomic E-state index is -3.37. The van der Waals surface area contributed by atoms with E-state index in [4.69, 9.17) is 9.05 Å². The van der Waals surface area contributed by atoms with Gasteiger partial charge < -0.3 is 14.2 Å². The minimum absolute atomic E-state index is 0.173. The molecule has 62 heavy (non-hydrogen) atoms. The molecule has 0 amide bonds. The van der Waals surface area contributed by atoms with Crippen molar-refractivity contribution < 1.29 is 18.7 Å². The van der Waals surface area contributed by atoms with Crippen molar-refractivity contribution in [2.45, 2.75) is 317 Å². The Labute approximate surface area is 389 Å². The Morgan fingerprint density at radius 1 is 0.435 bits per heavy atom. The van der Waals surface area contributed by atoms with Gasteiger partial charge in [-0.2, -0.15) is 0 Å².